The van der Waals surface area contributed by atoms with E-state index in [-0.39, 0.29) is 11.0 Å². The summed E-state index contributed by atoms with van der Waals surface area (Å²) in [7, 11) is 0. The molecule has 1 aromatic heterocycles. The second-order valence-corrected chi connectivity index (χ2v) is 9.32. The molecule has 0 saturated heterocycles. The fourth-order valence-electron chi connectivity index (χ4n) is 3.61. The van der Waals surface area contributed by atoms with Gasteiger partial charge >= 0.3 is 0 Å². The molecule has 3 atom stereocenters. The average Bonchev–Trinajstić information content (AvgIpc) is 3.04. The van der Waals surface area contributed by atoms with Crippen LogP contribution in [0.1, 0.15) is 77.4 Å². The van der Waals surface area contributed by atoms with Crippen LogP contribution in [0.4, 0.5) is 0 Å². The number of rotatable bonds is 3. The molecule has 1 heterocycles. The van der Waals surface area contributed by atoms with Crippen LogP contribution < -0.4 is 5.32 Å². The molecule has 0 bridgehead atoms. The van der Waals surface area contributed by atoms with Crippen LogP contribution in [0.2, 0.25) is 0 Å². The molecule has 1 N–H and O–H groups in total. The van der Waals surface area contributed by atoms with E-state index in [9.17, 15) is 0 Å². The molecule has 118 valence electrons. The van der Waals surface area contributed by atoms with E-state index >= 15 is 0 Å². The van der Waals surface area contributed by atoms with Crippen molar-refractivity contribution >= 4 is 11.3 Å². The van der Waals surface area contributed by atoms with Gasteiger partial charge in [0.2, 0.25) is 0 Å². The summed E-state index contributed by atoms with van der Waals surface area (Å²) in [5.74, 6) is 1.49. The van der Waals surface area contributed by atoms with Gasteiger partial charge in [-0.3, -0.25) is 0 Å². The molecule has 2 aliphatic rings. The van der Waals surface area contributed by atoms with Crippen LogP contribution in [0, 0.1) is 11.8 Å². The minimum absolute atomic E-state index is 0.132. The average molecular weight is 307 g/mol. The molecule has 0 spiro atoms. The van der Waals surface area contributed by atoms with Crippen molar-refractivity contribution in [2.45, 2.75) is 83.7 Å². The Balaban J connectivity index is 1.96. The lowest BCUT2D eigenvalue weighted by Crippen LogP contribution is -2.52. The van der Waals surface area contributed by atoms with Gasteiger partial charge in [-0.2, -0.15) is 0 Å². The topological polar surface area (TPSA) is 24.9 Å². The first-order valence-electron chi connectivity index (χ1n) is 8.55. The maximum Gasteiger partial charge on any atom is 0.113 e. The van der Waals surface area contributed by atoms with Crippen molar-refractivity contribution in [1.29, 1.82) is 0 Å². The number of hydrogen-bond donors (Lipinski definition) is 1. The summed E-state index contributed by atoms with van der Waals surface area (Å²) in [5.41, 5.74) is 1.54. The molecular formula is C18H30N2S. The van der Waals surface area contributed by atoms with Crippen LogP contribution in [-0.2, 0) is 11.0 Å². The highest BCUT2D eigenvalue weighted by Crippen LogP contribution is 2.47. The highest BCUT2D eigenvalue weighted by molar-refractivity contribution is 7.09. The molecule has 2 aliphatic carbocycles. The lowest BCUT2D eigenvalue weighted by atomic mass is 9.69. The smallest absolute Gasteiger partial charge is 0.113 e. The number of nitrogens with zero attached hydrogens (tertiary/aromatic N) is 1. The minimum Gasteiger partial charge on any atom is -0.302 e. The zero-order valence-corrected chi connectivity index (χ0v) is 15.0. The summed E-state index contributed by atoms with van der Waals surface area (Å²) in [6, 6.07) is 0.736. The van der Waals surface area contributed by atoms with Gasteiger partial charge in [0.15, 0.2) is 0 Å². The molecule has 2 saturated carbocycles. The Kier molecular flexibility index (Phi) is 3.94. The van der Waals surface area contributed by atoms with Gasteiger partial charge in [0.25, 0.3) is 0 Å². The van der Waals surface area contributed by atoms with E-state index in [1.165, 1.54) is 42.8 Å². The molecule has 3 unspecified atom stereocenters. The Morgan fingerprint density at radius 2 is 1.90 bits per heavy atom. The third-order valence-electron chi connectivity index (χ3n) is 5.30. The highest BCUT2D eigenvalue weighted by atomic mass is 32.1. The van der Waals surface area contributed by atoms with Crippen LogP contribution in [0.15, 0.2) is 5.38 Å². The summed E-state index contributed by atoms with van der Waals surface area (Å²) in [6.07, 6.45) is 6.64. The Morgan fingerprint density at radius 1 is 1.19 bits per heavy atom. The van der Waals surface area contributed by atoms with Crippen molar-refractivity contribution in [3.63, 3.8) is 0 Å². The molecule has 2 fully saturated rings. The van der Waals surface area contributed by atoms with E-state index < -0.39 is 0 Å². The Labute approximate surface area is 133 Å². The predicted octanol–water partition coefficient (Wildman–Crippen LogP) is 4.84. The zero-order chi connectivity index (χ0) is 15.3. The summed E-state index contributed by atoms with van der Waals surface area (Å²) in [6.45, 7) is 11.6. The molecule has 2 nitrogen and oxygen atoms in total. The summed E-state index contributed by atoms with van der Waals surface area (Å²) < 4.78 is 0. The van der Waals surface area contributed by atoms with Gasteiger partial charge in [-0.1, -0.05) is 41.0 Å². The van der Waals surface area contributed by atoms with E-state index in [4.69, 9.17) is 4.98 Å². The monoisotopic (exact) mass is 306 g/mol. The fourth-order valence-corrected chi connectivity index (χ4v) is 4.94. The van der Waals surface area contributed by atoms with Crippen LogP contribution >= 0.6 is 11.3 Å². The molecule has 3 rings (SSSR count). The van der Waals surface area contributed by atoms with Crippen LogP contribution in [0.3, 0.4) is 0 Å². The molecule has 0 amide bonds. The minimum atomic E-state index is 0.132. The van der Waals surface area contributed by atoms with E-state index in [1.807, 2.05) is 11.3 Å². The zero-order valence-electron chi connectivity index (χ0n) is 14.2. The first-order valence-corrected chi connectivity index (χ1v) is 9.43. The lowest BCUT2D eigenvalue weighted by molar-refractivity contribution is 0.115. The van der Waals surface area contributed by atoms with Gasteiger partial charge in [-0.05, 0) is 37.5 Å². The van der Waals surface area contributed by atoms with Gasteiger partial charge in [0.05, 0.1) is 11.2 Å². The number of thiazole rings is 1. The molecule has 3 heteroatoms. The van der Waals surface area contributed by atoms with Crippen LogP contribution in [-0.4, -0.2) is 11.0 Å². The standard InChI is InChI=1S/C18H30N2S/c1-12-6-7-13(2)18(10-12,20-14-8-9-14)16-19-15(11-21-16)17(3,4)5/h11-14,20H,6-10H2,1-5H3. The van der Waals surface area contributed by atoms with E-state index in [1.54, 1.807) is 0 Å². The summed E-state index contributed by atoms with van der Waals surface area (Å²) in [4.78, 5) is 5.10. The lowest BCUT2D eigenvalue weighted by Gasteiger charge is -2.45. The Hall–Kier alpha value is -0.410. The van der Waals surface area contributed by atoms with E-state index in [2.05, 4.69) is 45.3 Å². The van der Waals surface area contributed by atoms with Crippen LogP contribution in [0.5, 0.6) is 0 Å². The van der Waals surface area contributed by atoms with Crippen LogP contribution in [0.25, 0.3) is 0 Å². The third-order valence-corrected chi connectivity index (χ3v) is 6.32. The Bertz CT molecular complexity index is 494. The van der Waals surface area contributed by atoms with E-state index in [0.717, 1.165) is 12.0 Å². The van der Waals surface area contributed by atoms with E-state index in [0.29, 0.717) is 5.92 Å². The van der Waals surface area contributed by atoms with Crippen molar-refractivity contribution in [2.24, 2.45) is 11.8 Å². The SMILES string of the molecule is CC1CCC(C)C(NC2CC2)(c2nc(C(C)(C)C)cs2)C1. The maximum absolute atomic E-state index is 5.10. The second kappa shape index (κ2) is 5.34. The first-order chi connectivity index (χ1) is 9.81. The predicted molar refractivity (Wildman–Crippen MR) is 90.8 cm³/mol. The molecule has 1 aromatic rings. The van der Waals surface area contributed by atoms with Crippen molar-refractivity contribution in [2.75, 3.05) is 0 Å². The molecule has 21 heavy (non-hydrogen) atoms. The highest BCUT2D eigenvalue weighted by Gasteiger charge is 2.47. The van der Waals surface area contributed by atoms with Crippen molar-refractivity contribution < 1.29 is 0 Å². The number of aromatic nitrogens is 1. The Morgan fingerprint density at radius 3 is 2.48 bits per heavy atom. The van der Waals surface area contributed by atoms with Gasteiger partial charge in [-0.15, -0.1) is 11.3 Å². The fraction of sp³-hybridized carbons (Fsp3) is 0.833. The van der Waals surface area contributed by atoms with Crippen molar-refractivity contribution in [1.82, 2.24) is 10.3 Å². The molecule has 0 aliphatic heterocycles. The first kappa shape index (κ1) is 15.5. The molecular weight excluding hydrogens is 276 g/mol. The quantitative estimate of drug-likeness (QED) is 0.864. The molecule has 0 aromatic carbocycles. The normalized spacial score (nSPS) is 34.1. The largest absolute Gasteiger partial charge is 0.302 e. The maximum atomic E-state index is 5.10. The van der Waals surface area contributed by atoms with Crippen molar-refractivity contribution in [3.8, 4) is 0 Å². The number of hydrogen-bond acceptors (Lipinski definition) is 3. The summed E-state index contributed by atoms with van der Waals surface area (Å²) in [5, 5.41) is 7.65. The summed E-state index contributed by atoms with van der Waals surface area (Å²) >= 11 is 1.88. The second-order valence-electron chi connectivity index (χ2n) is 8.47. The van der Waals surface area contributed by atoms with Crippen molar-refractivity contribution in [3.05, 3.63) is 16.1 Å². The third kappa shape index (κ3) is 3.05. The van der Waals surface area contributed by atoms with Gasteiger partial charge in [-0.25, -0.2) is 4.98 Å². The van der Waals surface area contributed by atoms with Gasteiger partial charge < -0.3 is 5.32 Å². The molecule has 0 radical (unpaired) electrons. The van der Waals surface area contributed by atoms with Gasteiger partial charge in [0.1, 0.15) is 5.01 Å². The van der Waals surface area contributed by atoms with Gasteiger partial charge in [0, 0.05) is 16.8 Å². The number of nitrogens with one attached hydrogen (secondary N) is 1.